The van der Waals surface area contributed by atoms with E-state index >= 15 is 0 Å². The molecule has 0 spiro atoms. The number of amidine groups is 1. The molecule has 0 atom stereocenters. The van der Waals surface area contributed by atoms with Gasteiger partial charge in [-0.15, -0.1) is 0 Å². The van der Waals surface area contributed by atoms with Crippen molar-refractivity contribution in [3.8, 4) is 0 Å². The van der Waals surface area contributed by atoms with Crippen molar-refractivity contribution in [1.82, 2.24) is 4.98 Å². The Morgan fingerprint density at radius 2 is 2.18 bits per heavy atom. The zero-order chi connectivity index (χ0) is 13.1. The minimum absolute atomic E-state index is 0.143. The van der Waals surface area contributed by atoms with E-state index in [-0.39, 0.29) is 11.7 Å². The minimum Gasteiger partial charge on any atom is -0.409 e. The van der Waals surface area contributed by atoms with Gasteiger partial charge in [0.1, 0.15) is 5.41 Å². The summed E-state index contributed by atoms with van der Waals surface area (Å²) in [5.74, 6) is -0.504. The average Bonchev–Trinajstić information content (AvgIpc) is 2.27. The van der Waals surface area contributed by atoms with Gasteiger partial charge in [-0.25, -0.2) is 0 Å². The van der Waals surface area contributed by atoms with E-state index in [9.17, 15) is 4.79 Å². The molecule has 92 valence electrons. The number of nitrogens with one attached hydrogen (secondary N) is 1. The molecule has 1 aromatic rings. The number of pyridine rings is 1. The van der Waals surface area contributed by atoms with Crippen molar-refractivity contribution in [2.24, 2.45) is 16.3 Å². The van der Waals surface area contributed by atoms with Crippen LogP contribution in [0.3, 0.4) is 0 Å². The van der Waals surface area contributed by atoms with E-state index in [4.69, 9.17) is 10.9 Å². The van der Waals surface area contributed by atoms with Gasteiger partial charge in [-0.1, -0.05) is 5.16 Å². The lowest BCUT2D eigenvalue weighted by molar-refractivity contribution is -0.121. The molecule has 0 saturated heterocycles. The van der Waals surface area contributed by atoms with Crippen LogP contribution in [0, 0.1) is 12.3 Å². The molecule has 17 heavy (non-hydrogen) atoms. The third kappa shape index (κ3) is 2.93. The van der Waals surface area contributed by atoms with Crippen LogP contribution < -0.4 is 11.1 Å². The van der Waals surface area contributed by atoms with E-state index in [2.05, 4.69) is 15.5 Å². The number of aromatic nitrogens is 1. The van der Waals surface area contributed by atoms with E-state index in [1.165, 1.54) is 6.20 Å². The van der Waals surface area contributed by atoms with E-state index in [1.807, 2.05) is 6.92 Å². The molecule has 0 radical (unpaired) electrons. The summed E-state index contributed by atoms with van der Waals surface area (Å²) in [7, 11) is 0. The molecule has 0 bridgehead atoms. The van der Waals surface area contributed by atoms with Gasteiger partial charge in [0.2, 0.25) is 5.91 Å². The van der Waals surface area contributed by atoms with E-state index in [0.717, 1.165) is 5.56 Å². The first-order valence-corrected chi connectivity index (χ1v) is 5.09. The fraction of sp³-hybridized carbons (Fsp3) is 0.364. The lowest BCUT2D eigenvalue weighted by Crippen LogP contribution is -2.42. The second kappa shape index (κ2) is 4.82. The number of oxime groups is 1. The molecule has 0 saturated carbocycles. The first kappa shape index (κ1) is 13.0. The third-order valence-electron chi connectivity index (χ3n) is 2.45. The molecule has 0 aliphatic rings. The van der Waals surface area contributed by atoms with Crippen LogP contribution in [0.1, 0.15) is 19.4 Å². The van der Waals surface area contributed by atoms with E-state index < -0.39 is 5.41 Å². The Kier molecular flexibility index (Phi) is 3.67. The number of carbonyl (C=O) groups excluding carboxylic acids is 1. The highest BCUT2D eigenvalue weighted by atomic mass is 16.4. The Morgan fingerprint density at radius 1 is 1.53 bits per heavy atom. The fourth-order valence-corrected chi connectivity index (χ4v) is 1.15. The van der Waals surface area contributed by atoms with Crippen LogP contribution in [0.5, 0.6) is 0 Å². The molecular formula is C11H16N4O2. The first-order valence-electron chi connectivity index (χ1n) is 5.09. The van der Waals surface area contributed by atoms with Gasteiger partial charge in [0.05, 0.1) is 11.9 Å². The standard InChI is InChI=1S/C11H16N4O2/c1-7-4-8(6-13-5-7)14-10(16)11(2,3)9(12)15-17/h4-6,17H,1-3H3,(H2,12,15)(H,14,16). The normalized spacial score (nSPS) is 12.3. The number of aryl methyl sites for hydroxylation is 1. The summed E-state index contributed by atoms with van der Waals surface area (Å²) in [4.78, 5) is 15.9. The van der Waals surface area contributed by atoms with Crippen LogP contribution in [-0.4, -0.2) is 21.9 Å². The molecule has 4 N–H and O–H groups in total. The highest BCUT2D eigenvalue weighted by molar-refractivity contribution is 6.11. The molecule has 0 unspecified atom stereocenters. The number of rotatable bonds is 3. The van der Waals surface area contributed by atoms with Crippen molar-refractivity contribution in [2.45, 2.75) is 20.8 Å². The molecule has 6 nitrogen and oxygen atoms in total. The van der Waals surface area contributed by atoms with Gasteiger partial charge in [0.15, 0.2) is 5.84 Å². The van der Waals surface area contributed by atoms with E-state index in [1.54, 1.807) is 26.1 Å². The molecule has 0 fully saturated rings. The number of anilines is 1. The number of nitrogens with zero attached hydrogens (tertiary/aromatic N) is 2. The SMILES string of the molecule is Cc1cncc(NC(=O)C(C)(C)/C(N)=N/O)c1. The van der Waals surface area contributed by atoms with Gasteiger partial charge in [-0.3, -0.25) is 9.78 Å². The summed E-state index contributed by atoms with van der Waals surface area (Å²) >= 11 is 0. The van der Waals surface area contributed by atoms with Crippen molar-refractivity contribution in [2.75, 3.05) is 5.32 Å². The molecule has 0 aliphatic heterocycles. The number of carbonyl (C=O) groups is 1. The summed E-state index contributed by atoms with van der Waals surface area (Å²) in [6, 6.07) is 1.78. The van der Waals surface area contributed by atoms with Crippen molar-refractivity contribution in [3.63, 3.8) is 0 Å². The number of hydrogen-bond acceptors (Lipinski definition) is 4. The summed E-state index contributed by atoms with van der Waals surface area (Å²) in [6.07, 6.45) is 3.22. The number of amides is 1. The van der Waals surface area contributed by atoms with Crippen LogP contribution in [0.25, 0.3) is 0 Å². The maximum absolute atomic E-state index is 11.9. The Labute approximate surface area is 99.5 Å². The molecule has 1 heterocycles. The molecule has 1 rings (SSSR count). The van der Waals surface area contributed by atoms with Crippen molar-refractivity contribution < 1.29 is 10.0 Å². The summed E-state index contributed by atoms with van der Waals surface area (Å²) in [5.41, 5.74) is 5.89. The van der Waals surface area contributed by atoms with Crippen molar-refractivity contribution in [1.29, 1.82) is 0 Å². The second-order valence-corrected chi connectivity index (χ2v) is 4.32. The van der Waals surface area contributed by atoms with Crippen LogP contribution in [0.15, 0.2) is 23.6 Å². The van der Waals surface area contributed by atoms with Crippen molar-refractivity contribution >= 4 is 17.4 Å². The zero-order valence-corrected chi connectivity index (χ0v) is 10.1. The quantitative estimate of drug-likeness (QED) is 0.316. The minimum atomic E-state index is -1.08. The van der Waals surface area contributed by atoms with Gasteiger partial charge >= 0.3 is 0 Å². The molecule has 1 aromatic heterocycles. The lowest BCUT2D eigenvalue weighted by atomic mass is 9.91. The third-order valence-corrected chi connectivity index (χ3v) is 2.45. The molecule has 0 aromatic carbocycles. The molecule has 6 heteroatoms. The second-order valence-electron chi connectivity index (χ2n) is 4.32. The Morgan fingerprint density at radius 3 is 2.71 bits per heavy atom. The van der Waals surface area contributed by atoms with Crippen LogP contribution in [0.2, 0.25) is 0 Å². The Bertz CT molecular complexity index is 455. The molecule has 1 amide bonds. The lowest BCUT2D eigenvalue weighted by Gasteiger charge is -2.21. The predicted molar refractivity (Wildman–Crippen MR) is 64.8 cm³/mol. The first-order chi connectivity index (χ1) is 7.87. The Balaban J connectivity index is 2.86. The van der Waals surface area contributed by atoms with Gasteiger partial charge in [0, 0.05) is 6.20 Å². The zero-order valence-electron chi connectivity index (χ0n) is 10.1. The Hall–Kier alpha value is -2.11. The predicted octanol–water partition coefficient (Wildman–Crippen LogP) is 1.10. The number of nitrogens with two attached hydrogens (primary N) is 1. The van der Waals surface area contributed by atoms with Crippen LogP contribution >= 0.6 is 0 Å². The molecular weight excluding hydrogens is 220 g/mol. The summed E-state index contributed by atoms with van der Waals surface area (Å²) < 4.78 is 0. The number of hydrogen-bond donors (Lipinski definition) is 3. The van der Waals surface area contributed by atoms with Gasteiger partial charge < -0.3 is 16.3 Å². The van der Waals surface area contributed by atoms with Crippen molar-refractivity contribution in [3.05, 3.63) is 24.0 Å². The monoisotopic (exact) mass is 236 g/mol. The van der Waals surface area contributed by atoms with Gasteiger partial charge in [-0.05, 0) is 32.4 Å². The highest BCUT2D eigenvalue weighted by Crippen LogP contribution is 2.18. The van der Waals surface area contributed by atoms with E-state index in [0.29, 0.717) is 5.69 Å². The topological polar surface area (TPSA) is 101 Å². The maximum Gasteiger partial charge on any atom is 0.237 e. The summed E-state index contributed by atoms with van der Waals surface area (Å²) in [5, 5.41) is 14.1. The average molecular weight is 236 g/mol. The summed E-state index contributed by atoms with van der Waals surface area (Å²) in [6.45, 7) is 5.01. The maximum atomic E-state index is 11.9. The molecule has 0 aliphatic carbocycles. The van der Waals surface area contributed by atoms with Gasteiger partial charge in [-0.2, -0.15) is 0 Å². The van der Waals surface area contributed by atoms with Crippen LogP contribution in [-0.2, 0) is 4.79 Å². The van der Waals surface area contributed by atoms with Crippen LogP contribution in [0.4, 0.5) is 5.69 Å². The smallest absolute Gasteiger partial charge is 0.237 e. The largest absolute Gasteiger partial charge is 0.409 e. The fourth-order valence-electron chi connectivity index (χ4n) is 1.15. The highest BCUT2D eigenvalue weighted by Gasteiger charge is 2.32. The van der Waals surface area contributed by atoms with Gasteiger partial charge in [0.25, 0.3) is 0 Å².